The van der Waals surface area contributed by atoms with Crippen LogP contribution in [0.25, 0.3) is 0 Å². The average Bonchev–Trinajstić information content (AvgIpc) is 2.92. The molecule has 3 aromatic carbocycles. The molecule has 0 radical (unpaired) electrons. The Balaban J connectivity index is 1.94. The van der Waals surface area contributed by atoms with E-state index < -0.39 is 5.54 Å². The summed E-state index contributed by atoms with van der Waals surface area (Å²) in [5, 5.41) is 3.21. The van der Waals surface area contributed by atoms with Crippen LogP contribution in [0.4, 0.5) is 5.69 Å². The van der Waals surface area contributed by atoms with Crippen LogP contribution in [-0.4, -0.2) is 18.7 Å². The molecule has 4 rings (SSSR count). The summed E-state index contributed by atoms with van der Waals surface area (Å²) < 4.78 is 5.40. The number of ketones is 2. The number of Topliss-reactive ketones (excluding diaryl/α,β-unsaturated/α-hetero) is 2. The van der Waals surface area contributed by atoms with Gasteiger partial charge in [-0.25, -0.2) is 0 Å². The molecular weight excluding hydrogens is 326 g/mol. The van der Waals surface area contributed by atoms with Gasteiger partial charge < -0.3 is 10.1 Å². The first-order valence-corrected chi connectivity index (χ1v) is 8.34. The van der Waals surface area contributed by atoms with E-state index in [9.17, 15) is 9.59 Å². The molecule has 4 heteroatoms. The molecule has 1 N–H and O–H groups in total. The second-order valence-corrected chi connectivity index (χ2v) is 6.15. The number of nitrogens with one attached hydrogen (secondary N) is 1. The molecule has 26 heavy (non-hydrogen) atoms. The third-order valence-electron chi connectivity index (χ3n) is 4.73. The Bertz CT molecular complexity index is 960. The van der Waals surface area contributed by atoms with E-state index in [0.717, 1.165) is 0 Å². The Morgan fingerprint density at radius 2 is 1.27 bits per heavy atom. The number of hydrogen-bond donors (Lipinski definition) is 1. The molecule has 0 unspecified atom stereocenters. The number of carbonyl (C=O) groups excluding carboxylic acids is 2. The number of methoxy groups -OCH3 is 1. The maximum absolute atomic E-state index is 13.4. The zero-order chi connectivity index (χ0) is 18.1. The molecule has 0 spiro atoms. The van der Waals surface area contributed by atoms with E-state index in [1.807, 2.05) is 30.3 Å². The Kier molecular flexibility index (Phi) is 3.81. The summed E-state index contributed by atoms with van der Waals surface area (Å²) in [6, 6.07) is 23.3. The van der Waals surface area contributed by atoms with Crippen LogP contribution >= 0.6 is 0 Å². The summed E-state index contributed by atoms with van der Waals surface area (Å²) in [6.45, 7) is 0. The van der Waals surface area contributed by atoms with Crippen LogP contribution in [0.5, 0.6) is 5.75 Å². The van der Waals surface area contributed by atoms with Crippen LogP contribution < -0.4 is 10.1 Å². The standard InChI is InChI=1S/C22H17NO3/c1-26-19-14-8-7-13-18(19)23-22(15-9-3-2-4-10-15)20(24)16-11-5-6-12-17(16)21(22)25/h2-14,23H,1H3. The summed E-state index contributed by atoms with van der Waals surface area (Å²) in [5.41, 5.74) is 0.567. The lowest BCUT2D eigenvalue weighted by molar-refractivity contribution is 0.0818. The van der Waals surface area contributed by atoms with Crippen LogP contribution in [0.1, 0.15) is 26.3 Å². The average molecular weight is 343 g/mol. The topological polar surface area (TPSA) is 55.4 Å². The van der Waals surface area contributed by atoms with Crippen LogP contribution in [-0.2, 0) is 5.54 Å². The maximum Gasteiger partial charge on any atom is 0.201 e. The van der Waals surface area contributed by atoms with Gasteiger partial charge in [0.2, 0.25) is 11.6 Å². The summed E-state index contributed by atoms with van der Waals surface area (Å²) in [5.74, 6) is 0.0600. The first-order valence-electron chi connectivity index (χ1n) is 8.34. The summed E-state index contributed by atoms with van der Waals surface area (Å²) in [7, 11) is 1.56. The largest absolute Gasteiger partial charge is 0.495 e. The van der Waals surface area contributed by atoms with Crippen molar-refractivity contribution >= 4 is 17.3 Å². The predicted octanol–water partition coefficient (Wildman–Crippen LogP) is 4.08. The van der Waals surface area contributed by atoms with Crippen molar-refractivity contribution in [2.45, 2.75) is 5.54 Å². The van der Waals surface area contributed by atoms with Crippen molar-refractivity contribution in [2.75, 3.05) is 12.4 Å². The second kappa shape index (κ2) is 6.15. The van der Waals surface area contributed by atoms with Crippen molar-refractivity contribution in [3.8, 4) is 5.75 Å². The van der Waals surface area contributed by atoms with Gasteiger partial charge in [-0.3, -0.25) is 9.59 Å². The molecule has 0 amide bonds. The maximum atomic E-state index is 13.4. The SMILES string of the molecule is COc1ccccc1NC1(c2ccccc2)C(=O)c2ccccc2C1=O. The first kappa shape index (κ1) is 16.1. The number of fused-ring (bicyclic) bond motifs is 1. The van der Waals surface area contributed by atoms with Gasteiger partial charge in [0.15, 0.2) is 5.54 Å². The summed E-state index contributed by atoms with van der Waals surface area (Å²) >= 11 is 0. The molecular formula is C22H17NO3. The van der Waals surface area contributed by atoms with Gasteiger partial charge in [0, 0.05) is 11.1 Å². The Morgan fingerprint density at radius 3 is 1.88 bits per heavy atom. The predicted molar refractivity (Wildman–Crippen MR) is 99.8 cm³/mol. The van der Waals surface area contributed by atoms with Gasteiger partial charge in [0.25, 0.3) is 0 Å². The van der Waals surface area contributed by atoms with E-state index in [1.54, 1.807) is 55.6 Å². The summed E-state index contributed by atoms with van der Waals surface area (Å²) in [6.07, 6.45) is 0. The highest BCUT2D eigenvalue weighted by Gasteiger charge is 2.54. The number of benzene rings is 3. The quantitative estimate of drug-likeness (QED) is 0.725. The molecule has 1 aliphatic carbocycles. The fourth-order valence-electron chi connectivity index (χ4n) is 3.47. The third kappa shape index (κ3) is 2.23. The molecule has 0 atom stereocenters. The van der Waals surface area contributed by atoms with E-state index in [1.165, 1.54) is 0 Å². The molecule has 3 aromatic rings. The van der Waals surface area contributed by atoms with Crippen molar-refractivity contribution in [2.24, 2.45) is 0 Å². The van der Waals surface area contributed by atoms with Gasteiger partial charge in [-0.2, -0.15) is 0 Å². The normalized spacial score (nSPS) is 14.8. The van der Waals surface area contributed by atoms with E-state index in [0.29, 0.717) is 28.1 Å². The third-order valence-corrected chi connectivity index (χ3v) is 4.73. The van der Waals surface area contributed by atoms with E-state index in [4.69, 9.17) is 4.74 Å². The lowest BCUT2D eigenvalue weighted by Crippen LogP contribution is -2.46. The monoisotopic (exact) mass is 343 g/mol. The molecule has 0 bridgehead atoms. The minimum Gasteiger partial charge on any atom is -0.495 e. The molecule has 0 aliphatic heterocycles. The minimum absolute atomic E-state index is 0.254. The lowest BCUT2D eigenvalue weighted by atomic mass is 9.84. The van der Waals surface area contributed by atoms with Gasteiger partial charge in [-0.1, -0.05) is 66.7 Å². The van der Waals surface area contributed by atoms with Gasteiger partial charge >= 0.3 is 0 Å². The number of hydrogen-bond acceptors (Lipinski definition) is 4. The minimum atomic E-state index is -1.50. The van der Waals surface area contributed by atoms with Crippen molar-refractivity contribution in [1.82, 2.24) is 0 Å². The van der Waals surface area contributed by atoms with Crippen LogP contribution in [0.2, 0.25) is 0 Å². The zero-order valence-electron chi connectivity index (χ0n) is 14.2. The molecule has 4 nitrogen and oxygen atoms in total. The van der Waals surface area contributed by atoms with Crippen molar-refractivity contribution in [3.63, 3.8) is 0 Å². The van der Waals surface area contributed by atoms with E-state index in [2.05, 4.69) is 5.32 Å². The fourth-order valence-corrected chi connectivity index (χ4v) is 3.47. The molecule has 1 aliphatic rings. The van der Waals surface area contributed by atoms with E-state index >= 15 is 0 Å². The van der Waals surface area contributed by atoms with E-state index in [-0.39, 0.29) is 11.6 Å². The van der Waals surface area contributed by atoms with Crippen LogP contribution in [0.15, 0.2) is 78.9 Å². The number of rotatable bonds is 4. The highest BCUT2D eigenvalue weighted by molar-refractivity contribution is 6.34. The fraction of sp³-hybridized carbons (Fsp3) is 0.0909. The molecule has 0 fully saturated rings. The highest BCUT2D eigenvalue weighted by Crippen LogP contribution is 2.41. The molecule has 128 valence electrons. The van der Waals surface area contributed by atoms with Crippen molar-refractivity contribution in [3.05, 3.63) is 95.6 Å². The van der Waals surface area contributed by atoms with Gasteiger partial charge in [0.05, 0.1) is 12.8 Å². The molecule has 0 aromatic heterocycles. The number of para-hydroxylation sites is 2. The number of ether oxygens (including phenoxy) is 1. The van der Waals surface area contributed by atoms with Gasteiger partial charge in [0.1, 0.15) is 5.75 Å². The van der Waals surface area contributed by atoms with Crippen molar-refractivity contribution in [1.29, 1.82) is 0 Å². The highest BCUT2D eigenvalue weighted by atomic mass is 16.5. The van der Waals surface area contributed by atoms with Gasteiger partial charge in [-0.05, 0) is 17.7 Å². The smallest absolute Gasteiger partial charge is 0.201 e. The molecule has 0 heterocycles. The van der Waals surface area contributed by atoms with Crippen LogP contribution in [0, 0.1) is 0 Å². The number of anilines is 1. The lowest BCUT2D eigenvalue weighted by Gasteiger charge is -2.29. The Labute approximate surface area is 151 Å². The molecule has 0 saturated carbocycles. The zero-order valence-corrected chi connectivity index (χ0v) is 14.2. The Hall–Kier alpha value is -3.40. The van der Waals surface area contributed by atoms with Crippen LogP contribution in [0.3, 0.4) is 0 Å². The molecule has 0 saturated heterocycles. The van der Waals surface area contributed by atoms with Crippen molar-refractivity contribution < 1.29 is 14.3 Å². The van der Waals surface area contributed by atoms with Gasteiger partial charge in [-0.15, -0.1) is 0 Å². The summed E-state index contributed by atoms with van der Waals surface area (Å²) in [4.78, 5) is 26.8. The Morgan fingerprint density at radius 1 is 0.731 bits per heavy atom. The number of carbonyl (C=O) groups is 2. The second-order valence-electron chi connectivity index (χ2n) is 6.15. The first-order chi connectivity index (χ1) is 12.7.